The Balaban J connectivity index is 1.45. The van der Waals surface area contributed by atoms with Gasteiger partial charge < -0.3 is 15.4 Å². The molecule has 0 aromatic heterocycles. The minimum Gasteiger partial charge on any atom is -0.486 e. The third-order valence-electron chi connectivity index (χ3n) is 4.91. The van der Waals surface area contributed by atoms with Gasteiger partial charge in [0.2, 0.25) is 5.91 Å². The van der Waals surface area contributed by atoms with E-state index in [0.29, 0.717) is 18.5 Å². The van der Waals surface area contributed by atoms with Crippen LogP contribution >= 0.6 is 0 Å². The zero-order valence-corrected chi connectivity index (χ0v) is 13.6. The molecule has 23 heavy (non-hydrogen) atoms. The summed E-state index contributed by atoms with van der Waals surface area (Å²) in [6.45, 7) is 2.20. The predicted molar refractivity (Wildman–Crippen MR) is 86.8 cm³/mol. The number of hydrogen-bond donors (Lipinski definition) is 2. The van der Waals surface area contributed by atoms with E-state index >= 15 is 0 Å². The lowest BCUT2D eigenvalue weighted by Crippen LogP contribution is -2.45. The van der Waals surface area contributed by atoms with Crippen LogP contribution in [0.15, 0.2) is 24.3 Å². The number of para-hydroxylation sites is 1. The first-order chi connectivity index (χ1) is 11.1. The van der Waals surface area contributed by atoms with Crippen molar-refractivity contribution in [3.63, 3.8) is 0 Å². The summed E-state index contributed by atoms with van der Waals surface area (Å²) in [6.07, 6.45) is 5.61. The highest BCUT2D eigenvalue weighted by atomic mass is 19.1. The topological polar surface area (TPSA) is 50.4 Å². The largest absolute Gasteiger partial charge is 0.486 e. The summed E-state index contributed by atoms with van der Waals surface area (Å²) in [5.41, 5.74) is 0. The molecule has 2 aliphatic rings. The van der Waals surface area contributed by atoms with Gasteiger partial charge in [-0.3, -0.25) is 4.79 Å². The van der Waals surface area contributed by atoms with Gasteiger partial charge in [0.15, 0.2) is 11.6 Å². The Morgan fingerprint density at radius 3 is 2.96 bits per heavy atom. The molecule has 1 aliphatic carbocycles. The van der Waals surface area contributed by atoms with Crippen LogP contribution in [0.25, 0.3) is 0 Å². The summed E-state index contributed by atoms with van der Waals surface area (Å²) in [7, 11) is 0. The summed E-state index contributed by atoms with van der Waals surface area (Å²) >= 11 is 0. The van der Waals surface area contributed by atoms with Crippen LogP contribution < -0.4 is 15.4 Å². The fraction of sp³-hybridized carbons (Fsp3) is 0.611. The molecule has 4 atom stereocenters. The lowest BCUT2D eigenvalue weighted by Gasteiger charge is -2.24. The summed E-state index contributed by atoms with van der Waals surface area (Å²) in [5, 5.41) is 6.39. The van der Waals surface area contributed by atoms with E-state index in [-0.39, 0.29) is 29.6 Å². The summed E-state index contributed by atoms with van der Waals surface area (Å²) in [6, 6.07) is 6.73. The summed E-state index contributed by atoms with van der Waals surface area (Å²) < 4.78 is 19.1. The average molecular weight is 320 g/mol. The molecule has 1 aromatic carbocycles. The van der Waals surface area contributed by atoms with E-state index in [4.69, 9.17) is 4.74 Å². The van der Waals surface area contributed by atoms with Crippen molar-refractivity contribution in [2.75, 3.05) is 6.54 Å². The fourth-order valence-electron chi connectivity index (χ4n) is 3.69. The van der Waals surface area contributed by atoms with Crippen LogP contribution in [0.4, 0.5) is 4.39 Å². The molecule has 2 N–H and O–H groups in total. The molecule has 4 unspecified atom stereocenters. The highest BCUT2D eigenvalue weighted by molar-refractivity contribution is 5.82. The zero-order chi connectivity index (χ0) is 16.2. The predicted octanol–water partition coefficient (Wildman–Crippen LogP) is 2.63. The van der Waals surface area contributed by atoms with Crippen molar-refractivity contribution in [3.05, 3.63) is 30.1 Å². The van der Waals surface area contributed by atoms with Gasteiger partial charge in [-0.05, 0) is 44.2 Å². The van der Waals surface area contributed by atoms with Gasteiger partial charge >= 0.3 is 0 Å². The van der Waals surface area contributed by atoms with Crippen LogP contribution in [-0.2, 0) is 4.79 Å². The molecule has 0 bridgehead atoms. The number of carbonyl (C=O) groups is 1. The molecule has 1 amide bonds. The molecule has 5 heteroatoms. The van der Waals surface area contributed by atoms with Crippen LogP contribution in [0, 0.1) is 11.7 Å². The molecule has 2 fully saturated rings. The third-order valence-corrected chi connectivity index (χ3v) is 4.91. The molecule has 0 spiro atoms. The van der Waals surface area contributed by atoms with Crippen molar-refractivity contribution in [2.24, 2.45) is 5.92 Å². The van der Waals surface area contributed by atoms with Crippen LogP contribution in [0.1, 0.15) is 39.0 Å². The van der Waals surface area contributed by atoms with Crippen molar-refractivity contribution in [1.29, 1.82) is 0 Å². The second-order valence-electron chi connectivity index (χ2n) is 6.71. The minimum absolute atomic E-state index is 0.0309. The van der Waals surface area contributed by atoms with Crippen molar-refractivity contribution in [2.45, 2.75) is 57.2 Å². The van der Waals surface area contributed by atoms with E-state index in [0.717, 1.165) is 6.42 Å². The third kappa shape index (κ3) is 4.02. The molecular weight excluding hydrogens is 295 g/mol. The Labute approximate surface area is 136 Å². The molecular formula is C18H25FN2O2. The molecule has 1 saturated carbocycles. The SMILES string of the molecule is CC(CNC(=O)C1CC2CCCCC2N1)Oc1ccccc1F. The lowest BCUT2D eigenvalue weighted by molar-refractivity contribution is -0.123. The molecule has 0 radical (unpaired) electrons. The number of benzene rings is 1. The maximum Gasteiger partial charge on any atom is 0.237 e. The molecule has 1 heterocycles. The highest BCUT2D eigenvalue weighted by Gasteiger charge is 2.38. The van der Waals surface area contributed by atoms with E-state index in [2.05, 4.69) is 10.6 Å². The zero-order valence-electron chi connectivity index (χ0n) is 13.6. The Morgan fingerprint density at radius 1 is 1.39 bits per heavy atom. The first-order valence-electron chi connectivity index (χ1n) is 8.58. The van der Waals surface area contributed by atoms with Gasteiger partial charge in [-0.1, -0.05) is 25.0 Å². The van der Waals surface area contributed by atoms with Gasteiger partial charge in [-0.25, -0.2) is 4.39 Å². The van der Waals surface area contributed by atoms with E-state index in [9.17, 15) is 9.18 Å². The second kappa shape index (κ2) is 7.30. The van der Waals surface area contributed by atoms with Crippen molar-refractivity contribution >= 4 is 5.91 Å². The lowest BCUT2D eigenvalue weighted by atomic mass is 9.85. The van der Waals surface area contributed by atoms with Gasteiger partial charge in [0.25, 0.3) is 0 Å². The fourth-order valence-corrected chi connectivity index (χ4v) is 3.69. The average Bonchev–Trinajstić information content (AvgIpc) is 2.99. The number of ether oxygens (including phenoxy) is 1. The Bertz CT molecular complexity index is 538. The van der Waals surface area contributed by atoms with Gasteiger partial charge in [0.1, 0.15) is 6.10 Å². The summed E-state index contributed by atoms with van der Waals surface area (Å²) in [5.74, 6) is 0.515. The normalized spacial score (nSPS) is 28.0. The number of amides is 1. The van der Waals surface area contributed by atoms with E-state index in [1.54, 1.807) is 18.2 Å². The molecule has 1 saturated heterocycles. The standard InChI is InChI=1S/C18H25FN2O2/c1-12(23-17-9-5-3-7-14(17)19)11-20-18(22)16-10-13-6-2-4-8-15(13)21-16/h3,5,7,9,12-13,15-16,21H,2,4,6,8,10-11H2,1H3,(H,20,22). The smallest absolute Gasteiger partial charge is 0.237 e. The van der Waals surface area contributed by atoms with Crippen LogP contribution in [0.2, 0.25) is 0 Å². The monoisotopic (exact) mass is 320 g/mol. The van der Waals surface area contributed by atoms with E-state index < -0.39 is 0 Å². The Hall–Kier alpha value is -1.62. The Morgan fingerprint density at radius 2 is 2.17 bits per heavy atom. The van der Waals surface area contributed by atoms with E-state index in [1.807, 2.05) is 6.92 Å². The first kappa shape index (κ1) is 16.2. The first-order valence-corrected chi connectivity index (χ1v) is 8.58. The highest BCUT2D eigenvalue weighted by Crippen LogP contribution is 2.33. The van der Waals surface area contributed by atoms with Crippen LogP contribution in [0.5, 0.6) is 5.75 Å². The van der Waals surface area contributed by atoms with Gasteiger partial charge in [0.05, 0.1) is 12.6 Å². The second-order valence-corrected chi connectivity index (χ2v) is 6.71. The van der Waals surface area contributed by atoms with Crippen molar-refractivity contribution < 1.29 is 13.9 Å². The Kier molecular flexibility index (Phi) is 5.16. The number of fused-ring (bicyclic) bond motifs is 1. The quantitative estimate of drug-likeness (QED) is 0.877. The maximum absolute atomic E-state index is 13.5. The minimum atomic E-state index is -0.382. The maximum atomic E-state index is 13.5. The van der Waals surface area contributed by atoms with Gasteiger partial charge in [0, 0.05) is 6.04 Å². The molecule has 1 aliphatic heterocycles. The van der Waals surface area contributed by atoms with Gasteiger partial charge in [-0.2, -0.15) is 0 Å². The van der Waals surface area contributed by atoms with E-state index in [1.165, 1.54) is 31.7 Å². The van der Waals surface area contributed by atoms with Gasteiger partial charge in [-0.15, -0.1) is 0 Å². The molecule has 1 aromatic rings. The van der Waals surface area contributed by atoms with Crippen LogP contribution in [-0.4, -0.2) is 30.6 Å². The summed E-state index contributed by atoms with van der Waals surface area (Å²) in [4.78, 5) is 12.3. The van der Waals surface area contributed by atoms with Crippen molar-refractivity contribution in [3.8, 4) is 5.75 Å². The number of nitrogens with one attached hydrogen (secondary N) is 2. The number of carbonyl (C=O) groups excluding carboxylic acids is 1. The number of rotatable bonds is 5. The van der Waals surface area contributed by atoms with Crippen LogP contribution in [0.3, 0.4) is 0 Å². The number of halogens is 1. The molecule has 3 rings (SSSR count). The molecule has 4 nitrogen and oxygen atoms in total. The van der Waals surface area contributed by atoms with Crippen molar-refractivity contribution in [1.82, 2.24) is 10.6 Å². The molecule has 126 valence electrons. The number of hydrogen-bond acceptors (Lipinski definition) is 3.